The molecule has 7 nitrogen and oxygen atoms in total. The molecule has 0 saturated carbocycles. The number of hydrogen-bond donors (Lipinski definition) is 0. The molecule has 4 rings (SSSR count). The number of rotatable bonds is 7. The number of hydrogen-bond acceptors (Lipinski definition) is 6. The van der Waals surface area contributed by atoms with Gasteiger partial charge in [-0.15, -0.1) is 0 Å². The van der Waals surface area contributed by atoms with Gasteiger partial charge in [-0.05, 0) is 23.3 Å². The molecule has 0 aromatic heterocycles. The van der Waals surface area contributed by atoms with E-state index in [-0.39, 0.29) is 43.9 Å². The van der Waals surface area contributed by atoms with E-state index in [1.165, 1.54) is 10.5 Å². The Hall–Kier alpha value is -3.03. The van der Waals surface area contributed by atoms with E-state index in [4.69, 9.17) is 9.47 Å². The van der Waals surface area contributed by atoms with Gasteiger partial charge in [-0.3, -0.25) is 19.4 Å². The molecule has 0 N–H and O–H groups in total. The summed E-state index contributed by atoms with van der Waals surface area (Å²) < 4.78 is 11.2. The van der Waals surface area contributed by atoms with Crippen molar-refractivity contribution < 1.29 is 23.9 Å². The second kappa shape index (κ2) is 9.85. The number of morpholine rings is 1. The maximum Gasteiger partial charge on any atom is 0.338 e. The van der Waals surface area contributed by atoms with Gasteiger partial charge in [0.1, 0.15) is 12.7 Å². The van der Waals surface area contributed by atoms with Gasteiger partial charge in [0.25, 0.3) is 0 Å². The van der Waals surface area contributed by atoms with Crippen LogP contribution in [0.1, 0.15) is 34.3 Å². The van der Waals surface area contributed by atoms with Crippen molar-refractivity contribution >= 4 is 17.8 Å². The standard InChI is InChI=1S/C24H26N2O5/c27-22-10-11-23(28)26(22)15-19-6-8-20(9-7-19)24(29)31-17-21-16-25(12-13-30-21)14-18-4-2-1-3-5-18/h1-9,21H,10-17H2. The number of imide groups is 1. The highest BCUT2D eigenvalue weighted by Crippen LogP contribution is 2.17. The number of carbonyl (C=O) groups is 3. The van der Waals surface area contributed by atoms with Crippen molar-refractivity contribution in [2.75, 3.05) is 26.3 Å². The molecule has 0 bridgehead atoms. The van der Waals surface area contributed by atoms with E-state index in [1.807, 2.05) is 18.2 Å². The van der Waals surface area contributed by atoms with E-state index >= 15 is 0 Å². The van der Waals surface area contributed by atoms with Crippen molar-refractivity contribution in [3.05, 3.63) is 71.3 Å². The largest absolute Gasteiger partial charge is 0.459 e. The lowest BCUT2D eigenvalue weighted by Gasteiger charge is -2.32. The summed E-state index contributed by atoms with van der Waals surface area (Å²) in [5.41, 5.74) is 2.48. The average Bonchev–Trinajstić information content (AvgIpc) is 3.11. The third-order valence-electron chi connectivity index (χ3n) is 5.56. The van der Waals surface area contributed by atoms with Crippen LogP contribution in [0.25, 0.3) is 0 Å². The average molecular weight is 422 g/mol. The summed E-state index contributed by atoms with van der Waals surface area (Å²) in [6.07, 6.45) is 0.387. The Morgan fingerprint density at radius 3 is 2.32 bits per heavy atom. The van der Waals surface area contributed by atoms with Gasteiger partial charge >= 0.3 is 5.97 Å². The Labute approximate surface area is 181 Å². The smallest absolute Gasteiger partial charge is 0.338 e. The first kappa shape index (κ1) is 21.2. The van der Waals surface area contributed by atoms with E-state index in [0.717, 1.165) is 18.7 Å². The summed E-state index contributed by atoms with van der Waals surface area (Å²) in [5.74, 6) is -0.715. The van der Waals surface area contributed by atoms with Crippen LogP contribution in [-0.2, 0) is 32.2 Å². The number of nitrogens with zero attached hydrogens (tertiary/aromatic N) is 2. The minimum Gasteiger partial charge on any atom is -0.459 e. The maximum absolute atomic E-state index is 12.4. The van der Waals surface area contributed by atoms with Crippen LogP contribution in [0.2, 0.25) is 0 Å². The summed E-state index contributed by atoms with van der Waals surface area (Å²) in [6.45, 7) is 3.44. The predicted molar refractivity (Wildman–Crippen MR) is 113 cm³/mol. The third kappa shape index (κ3) is 5.57. The Bertz CT molecular complexity index is 913. The van der Waals surface area contributed by atoms with Crippen LogP contribution < -0.4 is 0 Å². The highest BCUT2D eigenvalue weighted by Gasteiger charge is 2.28. The predicted octanol–water partition coefficient (Wildman–Crippen LogP) is 2.39. The molecular formula is C24H26N2O5. The zero-order valence-electron chi connectivity index (χ0n) is 17.4. The first-order chi connectivity index (χ1) is 15.1. The SMILES string of the molecule is O=C(OCC1CN(Cc2ccccc2)CCO1)c1ccc(CN2C(=O)CCC2=O)cc1. The minimum atomic E-state index is -0.413. The molecule has 2 aliphatic rings. The van der Waals surface area contributed by atoms with E-state index in [0.29, 0.717) is 18.7 Å². The Morgan fingerprint density at radius 2 is 1.61 bits per heavy atom. The van der Waals surface area contributed by atoms with E-state index in [2.05, 4.69) is 17.0 Å². The fourth-order valence-electron chi connectivity index (χ4n) is 3.85. The normalized spacial score (nSPS) is 19.6. The van der Waals surface area contributed by atoms with Gasteiger partial charge in [0.05, 0.1) is 18.7 Å². The molecule has 2 fully saturated rings. The monoisotopic (exact) mass is 422 g/mol. The first-order valence-electron chi connectivity index (χ1n) is 10.6. The molecule has 162 valence electrons. The molecule has 0 spiro atoms. The highest BCUT2D eigenvalue weighted by molar-refractivity contribution is 6.01. The number of likely N-dealkylation sites (tertiary alicyclic amines) is 1. The molecule has 31 heavy (non-hydrogen) atoms. The molecule has 1 atom stereocenters. The summed E-state index contributed by atoms with van der Waals surface area (Å²) in [6, 6.07) is 17.1. The van der Waals surface area contributed by atoms with E-state index < -0.39 is 5.97 Å². The number of esters is 1. The number of carbonyl (C=O) groups excluding carboxylic acids is 3. The highest BCUT2D eigenvalue weighted by atomic mass is 16.6. The van der Waals surface area contributed by atoms with Gasteiger partial charge in [-0.1, -0.05) is 42.5 Å². The van der Waals surface area contributed by atoms with Crippen LogP contribution in [0.5, 0.6) is 0 Å². The fraction of sp³-hybridized carbons (Fsp3) is 0.375. The van der Waals surface area contributed by atoms with E-state index in [9.17, 15) is 14.4 Å². The van der Waals surface area contributed by atoms with Crippen molar-refractivity contribution in [2.24, 2.45) is 0 Å². The Kier molecular flexibility index (Phi) is 6.74. The second-order valence-electron chi connectivity index (χ2n) is 7.88. The zero-order chi connectivity index (χ0) is 21.6. The van der Waals surface area contributed by atoms with Crippen LogP contribution in [0.4, 0.5) is 0 Å². The molecule has 2 aliphatic heterocycles. The van der Waals surface area contributed by atoms with Gasteiger partial charge in [0.2, 0.25) is 11.8 Å². The molecule has 1 unspecified atom stereocenters. The summed E-state index contributed by atoms with van der Waals surface area (Å²) in [4.78, 5) is 39.4. The van der Waals surface area contributed by atoms with Gasteiger partial charge in [0.15, 0.2) is 0 Å². The van der Waals surface area contributed by atoms with Gasteiger partial charge in [0, 0.05) is 32.5 Å². The van der Waals surface area contributed by atoms with Crippen LogP contribution in [0.15, 0.2) is 54.6 Å². The molecule has 7 heteroatoms. The minimum absolute atomic E-state index is 0.151. The van der Waals surface area contributed by atoms with E-state index in [1.54, 1.807) is 24.3 Å². The molecular weight excluding hydrogens is 396 g/mol. The summed E-state index contributed by atoms with van der Waals surface area (Å²) >= 11 is 0. The van der Waals surface area contributed by atoms with Crippen LogP contribution in [0, 0.1) is 0 Å². The lowest BCUT2D eigenvalue weighted by atomic mass is 10.1. The number of benzene rings is 2. The maximum atomic E-state index is 12.4. The van der Waals surface area contributed by atoms with Gasteiger partial charge < -0.3 is 9.47 Å². The molecule has 0 radical (unpaired) electrons. The van der Waals surface area contributed by atoms with Crippen molar-refractivity contribution in [1.29, 1.82) is 0 Å². The van der Waals surface area contributed by atoms with Crippen molar-refractivity contribution in [1.82, 2.24) is 9.80 Å². The van der Waals surface area contributed by atoms with Crippen LogP contribution >= 0.6 is 0 Å². The molecule has 2 aromatic carbocycles. The van der Waals surface area contributed by atoms with Crippen LogP contribution in [-0.4, -0.2) is 60.0 Å². The summed E-state index contributed by atoms with van der Waals surface area (Å²) in [7, 11) is 0. The molecule has 2 saturated heterocycles. The molecule has 0 aliphatic carbocycles. The topological polar surface area (TPSA) is 76.2 Å². The quantitative estimate of drug-likeness (QED) is 0.504. The number of ether oxygens (including phenoxy) is 2. The molecule has 2 heterocycles. The Balaban J connectivity index is 1.25. The number of amides is 2. The third-order valence-corrected chi connectivity index (χ3v) is 5.56. The van der Waals surface area contributed by atoms with Gasteiger partial charge in [-0.2, -0.15) is 0 Å². The summed E-state index contributed by atoms with van der Waals surface area (Å²) in [5, 5.41) is 0. The van der Waals surface area contributed by atoms with Crippen molar-refractivity contribution in [3.63, 3.8) is 0 Å². The second-order valence-corrected chi connectivity index (χ2v) is 7.88. The lowest BCUT2D eigenvalue weighted by Crippen LogP contribution is -2.44. The van der Waals surface area contributed by atoms with Crippen molar-refractivity contribution in [2.45, 2.75) is 32.0 Å². The molecule has 2 aromatic rings. The Morgan fingerprint density at radius 1 is 0.935 bits per heavy atom. The molecule has 2 amide bonds. The first-order valence-corrected chi connectivity index (χ1v) is 10.6. The lowest BCUT2D eigenvalue weighted by molar-refractivity contribution is -0.139. The fourth-order valence-corrected chi connectivity index (χ4v) is 3.85. The van der Waals surface area contributed by atoms with Crippen LogP contribution in [0.3, 0.4) is 0 Å². The zero-order valence-corrected chi connectivity index (χ0v) is 17.4. The van der Waals surface area contributed by atoms with Crippen molar-refractivity contribution in [3.8, 4) is 0 Å². The van der Waals surface area contributed by atoms with Gasteiger partial charge in [-0.25, -0.2) is 4.79 Å².